The van der Waals surface area contributed by atoms with Crippen LogP contribution < -0.4 is 10.6 Å². The van der Waals surface area contributed by atoms with E-state index in [4.69, 9.17) is 10.7 Å². The first kappa shape index (κ1) is 12.9. The predicted octanol–water partition coefficient (Wildman–Crippen LogP) is 1.38. The zero-order valence-electron chi connectivity index (χ0n) is 11.8. The van der Waals surface area contributed by atoms with Gasteiger partial charge in [-0.1, -0.05) is 6.07 Å². The first-order chi connectivity index (χ1) is 9.26. The van der Waals surface area contributed by atoms with E-state index in [1.807, 2.05) is 0 Å². The summed E-state index contributed by atoms with van der Waals surface area (Å²) in [6.45, 7) is 8.49. The Morgan fingerprint density at radius 2 is 1.95 bits per heavy atom. The fraction of sp³-hybridized carbons (Fsp3) is 0.667. The van der Waals surface area contributed by atoms with E-state index in [-0.39, 0.29) is 0 Å². The van der Waals surface area contributed by atoms with Crippen LogP contribution in [0.15, 0.2) is 12.1 Å². The number of piperazine rings is 1. The number of hydrogen-bond donors (Lipinski definition) is 1. The van der Waals surface area contributed by atoms with E-state index in [1.165, 1.54) is 32.5 Å². The lowest BCUT2D eigenvalue weighted by molar-refractivity contribution is 0.247. The molecule has 1 aromatic rings. The van der Waals surface area contributed by atoms with Gasteiger partial charge in [-0.05, 0) is 37.3 Å². The van der Waals surface area contributed by atoms with Crippen LogP contribution in [0.1, 0.15) is 24.1 Å². The highest BCUT2D eigenvalue weighted by Crippen LogP contribution is 2.30. The minimum Gasteiger partial charge on any atom is -0.354 e. The van der Waals surface area contributed by atoms with E-state index in [1.54, 1.807) is 0 Å². The minimum absolute atomic E-state index is 0.578. The van der Waals surface area contributed by atoms with Crippen molar-refractivity contribution in [2.24, 2.45) is 11.7 Å². The number of hydrogen-bond acceptors (Lipinski definition) is 4. The lowest BCUT2D eigenvalue weighted by atomic mass is 10.2. The highest BCUT2D eigenvalue weighted by molar-refractivity contribution is 5.42. The maximum atomic E-state index is 5.69. The van der Waals surface area contributed by atoms with Gasteiger partial charge in [0.15, 0.2) is 0 Å². The number of anilines is 1. The van der Waals surface area contributed by atoms with Crippen LogP contribution in [0.25, 0.3) is 0 Å². The molecule has 2 N–H and O–H groups in total. The van der Waals surface area contributed by atoms with Crippen molar-refractivity contribution in [3.8, 4) is 0 Å². The third-order valence-electron chi connectivity index (χ3n) is 4.31. The summed E-state index contributed by atoms with van der Waals surface area (Å²) in [5.41, 5.74) is 7.91. The van der Waals surface area contributed by atoms with Gasteiger partial charge in [0.2, 0.25) is 0 Å². The molecule has 1 aliphatic heterocycles. The molecule has 0 bridgehead atoms. The largest absolute Gasteiger partial charge is 0.354 e. The number of aromatic nitrogens is 1. The summed E-state index contributed by atoms with van der Waals surface area (Å²) in [4.78, 5) is 9.70. The second-order valence-corrected chi connectivity index (χ2v) is 5.85. The van der Waals surface area contributed by atoms with Crippen molar-refractivity contribution < 1.29 is 0 Å². The third-order valence-corrected chi connectivity index (χ3v) is 4.31. The van der Waals surface area contributed by atoms with Crippen molar-refractivity contribution in [2.75, 3.05) is 37.6 Å². The highest BCUT2D eigenvalue weighted by atomic mass is 15.3. The molecule has 3 rings (SSSR count). The number of rotatable bonds is 4. The van der Waals surface area contributed by atoms with Gasteiger partial charge in [0, 0.05) is 45.0 Å². The molecule has 1 saturated heterocycles. The molecule has 2 fully saturated rings. The molecule has 0 radical (unpaired) electrons. The van der Waals surface area contributed by atoms with E-state index in [0.29, 0.717) is 6.54 Å². The molecule has 0 spiro atoms. The maximum absolute atomic E-state index is 5.69. The molecule has 4 heteroatoms. The number of nitrogens with two attached hydrogens (primary N) is 1. The quantitative estimate of drug-likeness (QED) is 0.888. The Kier molecular flexibility index (Phi) is 3.71. The molecular formula is C15H24N4. The fourth-order valence-electron chi connectivity index (χ4n) is 2.79. The topological polar surface area (TPSA) is 45.4 Å². The molecule has 19 heavy (non-hydrogen) atoms. The van der Waals surface area contributed by atoms with Crippen molar-refractivity contribution in [3.05, 3.63) is 23.4 Å². The predicted molar refractivity (Wildman–Crippen MR) is 78.2 cm³/mol. The molecule has 0 unspecified atom stereocenters. The lowest BCUT2D eigenvalue weighted by Crippen LogP contribution is -2.47. The summed E-state index contributed by atoms with van der Waals surface area (Å²) in [7, 11) is 0. The van der Waals surface area contributed by atoms with Crippen LogP contribution in [0, 0.1) is 12.8 Å². The molecule has 1 saturated carbocycles. The van der Waals surface area contributed by atoms with E-state index >= 15 is 0 Å². The van der Waals surface area contributed by atoms with Gasteiger partial charge < -0.3 is 10.6 Å². The summed E-state index contributed by atoms with van der Waals surface area (Å²) in [5.74, 6) is 2.11. The highest BCUT2D eigenvalue weighted by Gasteiger charge is 2.26. The lowest BCUT2D eigenvalue weighted by Gasteiger charge is -2.35. The summed E-state index contributed by atoms with van der Waals surface area (Å²) in [5, 5.41) is 0. The van der Waals surface area contributed by atoms with Crippen LogP contribution in [0.2, 0.25) is 0 Å². The summed E-state index contributed by atoms with van der Waals surface area (Å²) in [6.07, 6.45) is 2.89. The molecule has 2 heterocycles. The Labute approximate surface area is 115 Å². The Morgan fingerprint density at radius 3 is 2.53 bits per heavy atom. The SMILES string of the molecule is Cc1nc(N2CCN(CC3CC3)CC2)ccc1CN. The van der Waals surface area contributed by atoms with Gasteiger partial charge in [-0.3, -0.25) is 4.90 Å². The Balaban J connectivity index is 1.59. The maximum Gasteiger partial charge on any atom is 0.128 e. The second-order valence-electron chi connectivity index (χ2n) is 5.85. The van der Waals surface area contributed by atoms with Gasteiger partial charge in [-0.25, -0.2) is 4.98 Å². The second kappa shape index (κ2) is 5.47. The zero-order chi connectivity index (χ0) is 13.2. The zero-order valence-corrected chi connectivity index (χ0v) is 11.8. The van der Waals surface area contributed by atoms with Crippen LogP contribution >= 0.6 is 0 Å². The molecule has 0 atom stereocenters. The van der Waals surface area contributed by atoms with E-state index in [0.717, 1.165) is 36.1 Å². The van der Waals surface area contributed by atoms with Gasteiger partial charge in [-0.15, -0.1) is 0 Å². The summed E-state index contributed by atoms with van der Waals surface area (Å²) < 4.78 is 0. The fourth-order valence-corrected chi connectivity index (χ4v) is 2.79. The van der Waals surface area contributed by atoms with E-state index in [2.05, 4.69) is 28.9 Å². The van der Waals surface area contributed by atoms with Crippen molar-refractivity contribution in [1.29, 1.82) is 0 Å². The number of pyridine rings is 1. The van der Waals surface area contributed by atoms with Crippen LogP contribution in [-0.2, 0) is 6.54 Å². The Hall–Kier alpha value is -1.13. The van der Waals surface area contributed by atoms with Crippen LogP contribution in [-0.4, -0.2) is 42.6 Å². The van der Waals surface area contributed by atoms with Crippen LogP contribution in [0.5, 0.6) is 0 Å². The molecule has 4 nitrogen and oxygen atoms in total. The van der Waals surface area contributed by atoms with Gasteiger partial charge in [-0.2, -0.15) is 0 Å². The molecule has 2 aliphatic rings. The minimum atomic E-state index is 0.578. The first-order valence-corrected chi connectivity index (χ1v) is 7.40. The monoisotopic (exact) mass is 260 g/mol. The van der Waals surface area contributed by atoms with Crippen molar-refractivity contribution >= 4 is 5.82 Å². The molecule has 104 valence electrons. The van der Waals surface area contributed by atoms with Gasteiger partial charge >= 0.3 is 0 Å². The Bertz CT molecular complexity index is 434. The first-order valence-electron chi connectivity index (χ1n) is 7.40. The third kappa shape index (κ3) is 3.07. The van der Waals surface area contributed by atoms with Gasteiger partial charge in [0.05, 0.1) is 0 Å². The van der Waals surface area contributed by atoms with Crippen LogP contribution in [0.3, 0.4) is 0 Å². The van der Waals surface area contributed by atoms with Gasteiger partial charge in [0.25, 0.3) is 0 Å². The molecule has 0 amide bonds. The van der Waals surface area contributed by atoms with E-state index in [9.17, 15) is 0 Å². The van der Waals surface area contributed by atoms with Crippen LogP contribution in [0.4, 0.5) is 5.82 Å². The average molecular weight is 260 g/mol. The average Bonchev–Trinajstić information content (AvgIpc) is 3.23. The Morgan fingerprint density at radius 1 is 1.21 bits per heavy atom. The number of nitrogens with zero attached hydrogens (tertiary/aromatic N) is 3. The smallest absolute Gasteiger partial charge is 0.128 e. The normalized spacial score (nSPS) is 20.8. The molecular weight excluding hydrogens is 236 g/mol. The number of aryl methyl sites for hydroxylation is 1. The van der Waals surface area contributed by atoms with Crippen molar-refractivity contribution in [3.63, 3.8) is 0 Å². The standard InChI is InChI=1S/C15H24N4/c1-12-14(10-16)4-5-15(17-12)19-8-6-18(7-9-19)11-13-2-3-13/h4-5,13H,2-3,6-11,16H2,1H3. The van der Waals surface area contributed by atoms with Crippen molar-refractivity contribution in [2.45, 2.75) is 26.3 Å². The molecule has 0 aromatic carbocycles. The van der Waals surface area contributed by atoms with Crippen molar-refractivity contribution in [1.82, 2.24) is 9.88 Å². The van der Waals surface area contributed by atoms with E-state index < -0.39 is 0 Å². The summed E-state index contributed by atoms with van der Waals surface area (Å²) >= 11 is 0. The molecule has 1 aromatic heterocycles. The summed E-state index contributed by atoms with van der Waals surface area (Å²) in [6, 6.07) is 4.24. The molecule has 1 aliphatic carbocycles. The van der Waals surface area contributed by atoms with Gasteiger partial charge in [0.1, 0.15) is 5.82 Å².